The molecule has 0 radical (unpaired) electrons. The van der Waals surface area contributed by atoms with Crippen LogP contribution in [0, 0.1) is 11.6 Å². The average molecular weight is 328 g/mol. The van der Waals surface area contributed by atoms with E-state index in [2.05, 4.69) is 0 Å². The first kappa shape index (κ1) is 16.3. The molecule has 112 valence electrons. The topological polar surface area (TPSA) is 26.0 Å². The van der Waals surface area contributed by atoms with Gasteiger partial charge in [0.15, 0.2) is 11.6 Å². The van der Waals surface area contributed by atoms with Gasteiger partial charge in [-0.25, -0.2) is 8.78 Å². The summed E-state index contributed by atoms with van der Waals surface area (Å²) in [7, 11) is 0. The Kier molecular flexibility index (Phi) is 5.62. The first-order valence-corrected chi connectivity index (χ1v) is 7.86. The van der Waals surface area contributed by atoms with Crippen molar-refractivity contribution in [1.29, 1.82) is 0 Å². The summed E-state index contributed by atoms with van der Waals surface area (Å²) in [4.78, 5) is 1.54. The van der Waals surface area contributed by atoms with Crippen LogP contribution in [0.2, 0.25) is 5.02 Å². The third-order valence-electron chi connectivity index (χ3n) is 3.19. The molecule has 0 bridgehead atoms. The maximum atomic E-state index is 13.3. The van der Waals surface area contributed by atoms with Crippen molar-refractivity contribution in [3.05, 3.63) is 58.6 Å². The molecule has 0 amide bonds. The molecule has 0 aliphatic carbocycles. The van der Waals surface area contributed by atoms with Gasteiger partial charge in [-0.1, -0.05) is 36.4 Å². The molecule has 2 N–H and O–H groups in total. The summed E-state index contributed by atoms with van der Waals surface area (Å²) in [5.41, 5.74) is 6.95. The van der Waals surface area contributed by atoms with E-state index in [-0.39, 0.29) is 6.04 Å². The third kappa shape index (κ3) is 4.19. The lowest BCUT2D eigenvalue weighted by atomic mass is 10.0. The van der Waals surface area contributed by atoms with E-state index >= 15 is 0 Å². The average Bonchev–Trinajstić information content (AvgIpc) is 2.46. The van der Waals surface area contributed by atoms with Crippen molar-refractivity contribution in [3.63, 3.8) is 0 Å². The van der Waals surface area contributed by atoms with E-state index in [1.165, 1.54) is 17.8 Å². The first-order chi connectivity index (χ1) is 10.0. The maximum absolute atomic E-state index is 13.3. The van der Waals surface area contributed by atoms with Gasteiger partial charge in [-0.15, -0.1) is 0 Å². The maximum Gasteiger partial charge on any atom is 0.159 e. The van der Waals surface area contributed by atoms with E-state index < -0.39 is 11.6 Å². The van der Waals surface area contributed by atoms with E-state index in [1.807, 2.05) is 25.1 Å². The highest BCUT2D eigenvalue weighted by Gasteiger charge is 2.12. The second-order valence-electron chi connectivity index (χ2n) is 4.77. The van der Waals surface area contributed by atoms with Crippen LogP contribution in [-0.4, -0.2) is 6.04 Å². The Labute approximate surface area is 132 Å². The molecule has 0 saturated carbocycles. The van der Waals surface area contributed by atoms with Crippen LogP contribution in [0.25, 0.3) is 0 Å². The Morgan fingerprint density at radius 3 is 2.62 bits per heavy atom. The van der Waals surface area contributed by atoms with Gasteiger partial charge >= 0.3 is 0 Å². The predicted molar refractivity (Wildman–Crippen MR) is 83.9 cm³/mol. The largest absolute Gasteiger partial charge is 0.327 e. The molecule has 0 heterocycles. The fourth-order valence-electron chi connectivity index (χ4n) is 1.91. The highest BCUT2D eigenvalue weighted by Crippen LogP contribution is 2.35. The van der Waals surface area contributed by atoms with Crippen molar-refractivity contribution < 1.29 is 8.78 Å². The molecular weight excluding hydrogens is 312 g/mol. The Morgan fingerprint density at radius 1 is 1.19 bits per heavy atom. The molecule has 1 unspecified atom stereocenters. The van der Waals surface area contributed by atoms with Gasteiger partial charge in [-0.2, -0.15) is 0 Å². The minimum Gasteiger partial charge on any atom is -0.327 e. The minimum absolute atomic E-state index is 0.0224. The molecule has 1 nitrogen and oxygen atoms in total. The standard InChI is InChI=1S/C16H16ClF2NS/c1-2-10(20)8-12-13(17)4-3-5-16(12)21-11-6-7-14(18)15(19)9-11/h3-7,9-10H,2,8,20H2,1H3. The van der Waals surface area contributed by atoms with Crippen LogP contribution in [0.5, 0.6) is 0 Å². The van der Waals surface area contributed by atoms with Gasteiger partial charge < -0.3 is 5.73 Å². The number of rotatable bonds is 5. The smallest absolute Gasteiger partial charge is 0.159 e. The zero-order valence-corrected chi connectivity index (χ0v) is 13.1. The van der Waals surface area contributed by atoms with Gasteiger partial charge in [-0.05, 0) is 48.7 Å². The molecule has 2 aromatic carbocycles. The van der Waals surface area contributed by atoms with Crippen LogP contribution < -0.4 is 5.73 Å². The van der Waals surface area contributed by atoms with E-state index in [0.29, 0.717) is 16.3 Å². The minimum atomic E-state index is -0.853. The summed E-state index contributed by atoms with van der Waals surface area (Å²) >= 11 is 7.61. The summed E-state index contributed by atoms with van der Waals surface area (Å²) in [6, 6.07) is 9.45. The molecule has 2 aromatic rings. The number of benzene rings is 2. The third-order valence-corrected chi connectivity index (χ3v) is 4.63. The van der Waals surface area contributed by atoms with Gasteiger partial charge in [-0.3, -0.25) is 0 Å². The monoisotopic (exact) mass is 327 g/mol. The van der Waals surface area contributed by atoms with Gasteiger partial charge in [0.2, 0.25) is 0 Å². The van der Waals surface area contributed by atoms with Crippen molar-refractivity contribution in [2.75, 3.05) is 0 Å². The van der Waals surface area contributed by atoms with Gasteiger partial charge in [0.25, 0.3) is 0 Å². The Balaban J connectivity index is 2.30. The lowest BCUT2D eigenvalue weighted by molar-refractivity contribution is 0.506. The molecule has 0 aliphatic heterocycles. The molecule has 0 aliphatic rings. The fourth-order valence-corrected chi connectivity index (χ4v) is 3.23. The van der Waals surface area contributed by atoms with Gasteiger partial charge in [0, 0.05) is 20.9 Å². The number of halogens is 3. The van der Waals surface area contributed by atoms with Gasteiger partial charge in [0.05, 0.1) is 0 Å². The second kappa shape index (κ2) is 7.25. The van der Waals surface area contributed by atoms with Crippen molar-refractivity contribution in [1.82, 2.24) is 0 Å². The highest BCUT2D eigenvalue weighted by molar-refractivity contribution is 7.99. The zero-order valence-electron chi connectivity index (χ0n) is 11.6. The van der Waals surface area contributed by atoms with Crippen LogP contribution >= 0.6 is 23.4 Å². The molecule has 5 heteroatoms. The zero-order chi connectivity index (χ0) is 15.4. The van der Waals surface area contributed by atoms with Crippen LogP contribution in [0.4, 0.5) is 8.78 Å². The van der Waals surface area contributed by atoms with Crippen LogP contribution in [0.1, 0.15) is 18.9 Å². The highest BCUT2D eigenvalue weighted by atomic mass is 35.5. The van der Waals surface area contributed by atoms with Gasteiger partial charge in [0.1, 0.15) is 0 Å². The molecule has 0 spiro atoms. The van der Waals surface area contributed by atoms with E-state index in [9.17, 15) is 8.78 Å². The SMILES string of the molecule is CCC(N)Cc1c(Cl)cccc1Sc1ccc(F)c(F)c1. The fraction of sp³-hybridized carbons (Fsp3) is 0.250. The van der Waals surface area contributed by atoms with E-state index in [0.717, 1.165) is 22.9 Å². The molecular formula is C16H16ClF2NS. The lowest BCUT2D eigenvalue weighted by Crippen LogP contribution is -2.21. The number of hydrogen-bond donors (Lipinski definition) is 1. The van der Waals surface area contributed by atoms with Crippen LogP contribution in [0.15, 0.2) is 46.2 Å². The van der Waals surface area contributed by atoms with Crippen molar-refractivity contribution >= 4 is 23.4 Å². The van der Waals surface area contributed by atoms with Crippen LogP contribution in [0.3, 0.4) is 0 Å². The Hall–Kier alpha value is -1.10. The molecule has 0 saturated heterocycles. The molecule has 0 aromatic heterocycles. The summed E-state index contributed by atoms with van der Waals surface area (Å²) in [6.45, 7) is 2.02. The first-order valence-electron chi connectivity index (χ1n) is 6.67. The van der Waals surface area contributed by atoms with Crippen molar-refractivity contribution in [2.45, 2.75) is 35.6 Å². The number of hydrogen-bond acceptors (Lipinski definition) is 2. The van der Waals surface area contributed by atoms with E-state index in [4.69, 9.17) is 17.3 Å². The summed E-state index contributed by atoms with van der Waals surface area (Å²) < 4.78 is 26.3. The second-order valence-corrected chi connectivity index (χ2v) is 6.29. The molecule has 21 heavy (non-hydrogen) atoms. The summed E-state index contributed by atoms with van der Waals surface area (Å²) in [6.07, 6.45) is 1.50. The predicted octanol–water partition coefficient (Wildman–Crippen LogP) is 5.05. The Morgan fingerprint density at radius 2 is 1.95 bits per heavy atom. The van der Waals surface area contributed by atoms with Crippen LogP contribution in [-0.2, 0) is 6.42 Å². The summed E-state index contributed by atoms with van der Waals surface area (Å²) in [5.74, 6) is -1.70. The Bertz CT molecular complexity index is 634. The molecule has 2 rings (SSSR count). The van der Waals surface area contributed by atoms with Crippen molar-refractivity contribution in [3.8, 4) is 0 Å². The quantitative estimate of drug-likeness (QED) is 0.831. The molecule has 1 atom stereocenters. The molecule has 0 fully saturated rings. The van der Waals surface area contributed by atoms with E-state index in [1.54, 1.807) is 6.07 Å². The lowest BCUT2D eigenvalue weighted by Gasteiger charge is -2.15. The normalized spacial score (nSPS) is 12.4. The number of nitrogens with two attached hydrogens (primary N) is 1. The van der Waals surface area contributed by atoms with Crippen molar-refractivity contribution in [2.24, 2.45) is 5.73 Å². The summed E-state index contributed by atoms with van der Waals surface area (Å²) in [5, 5.41) is 0.645.